The molecule has 0 spiro atoms. The molecule has 1 atom stereocenters. The molecule has 0 aliphatic rings. The highest BCUT2D eigenvalue weighted by atomic mass is 16.5. The average Bonchev–Trinajstić information content (AvgIpc) is 2.17. The number of methoxy groups -OCH3 is 1. The van der Waals surface area contributed by atoms with Crippen LogP contribution in [0.3, 0.4) is 0 Å². The highest BCUT2D eigenvalue weighted by Gasteiger charge is 2.20. The van der Waals surface area contributed by atoms with E-state index in [4.69, 9.17) is 9.84 Å². The Balaban J connectivity index is 4.15. The quantitative estimate of drug-likeness (QED) is 0.664. The van der Waals surface area contributed by atoms with Crippen LogP contribution < -0.4 is 5.32 Å². The van der Waals surface area contributed by atoms with Crippen LogP contribution in [0.25, 0.3) is 0 Å². The van der Waals surface area contributed by atoms with Gasteiger partial charge in [0.2, 0.25) is 0 Å². The third kappa shape index (κ3) is 5.21. The fourth-order valence-corrected chi connectivity index (χ4v) is 1.04. The van der Waals surface area contributed by atoms with Gasteiger partial charge in [0.15, 0.2) is 6.04 Å². The number of carbonyl (C=O) groups is 2. The Hall–Kier alpha value is -1.30. The van der Waals surface area contributed by atoms with Crippen LogP contribution in [0, 0.1) is 0 Å². The SMILES string of the molecule is CCCN(C)C(=O)NC(COC)C(=O)O. The number of carboxylic acids is 1. The van der Waals surface area contributed by atoms with E-state index in [1.807, 2.05) is 6.92 Å². The van der Waals surface area contributed by atoms with Crippen LogP contribution in [0.1, 0.15) is 13.3 Å². The van der Waals surface area contributed by atoms with E-state index >= 15 is 0 Å². The van der Waals surface area contributed by atoms with Gasteiger partial charge in [-0.2, -0.15) is 0 Å². The molecule has 0 heterocycles. The van der Waals surface area contributed by atoms with Crippen LogP contribution in [-0.2, 0) is 9.53 Å². The monoisotopic (exact) mass is 218 g/mol. The third-order valence-corrected chi connectivity index (χ3v) is 1.83. The van der Waals surface area contributed by atoms with Crippen molar-refractivity contribution in [1.82, 2.24) is 10.2 Å². The number of amides is 2. The second-order valence-corrected chi connectivity index (χ2v) is 3.22. The fraction of sp³-hybridized carbons (Fsp3) is 0.778. The number of carboxylic acid groups (broad SMARTS) is 1. The minimum atomic E-state index is -1.10. The highest BCUT2D eigenvalue weighted by Crippen LogP contribution is 1.91. The minimum absolute atomic E-state index is 0.0406. The summed E-state index contributed by atoms with van der Waals surface area (Å²) >= 11 is 0. The van der Waals surface area contributed by atoms with Crippen molar-refractivity contribution in [2.75, 3.05) is 27.3 Å². The van der Waals surface area contributed by atoms with E-state index in [9.17, 15) is 9.59 Å². The van der Waals surface area contributed by atoms with E-state index < -0.39 is 18.0 Å². The Morgan fingerprint density at radius 2 is 2.13 bits per heavy atom. The van der Waals surface area contributed by atoms with Gasteiger partial charge in [0, 0.05) is 20.7 Å². The van der Waals surface area contributed by atoms with E-state index in [0.29, 0.717) is 6.54 Å². The van der Waals surface area contributed by atoms with Gasteiger partial charge in [-0.15, -0.1) is 0 Å². The molecule has 0 aliphatic heterocycles. The van der Waals surface area contributed by atoms with Crippen molar-refractivity contribution >= 4 is 12.0 Å². The van der Waals surface area contributed by atoms with Crippen molar-refractivity contribution in [2.45, 2.75) is 19.4 Å². The molecular formula is C9H18N2O4. The van der Waals surface area contributed by atoms with E-state index in [-0.39, 0.29) is 6.61 Å². The maximum atomic E-state index is 11.4. The molecule has 0 bridgehead atoms. The van der Waals surface area contributed by atoms with Crippen molar-refractivity contribution in [2.24, 2.45) is 0 Å². The standard InChI is InChI=1S/C9H18N2O4/c1-4-5-11(2)9(14)10-7(6-15-3)8(12)13/h7H,4-6H2,1-3H3,(H,10,14)(H,12,13). The molecule has 0 aromatic carbocycles. The third-order valence-electron chi connectivity index (χ3n) is 1.83. The van der Waals surface area contributed by atoms with Gasteiger partial charge in [0.05, 0.1) is 6.61 Å². The second kappa shape index (κ2) is 7.05. The fourth-order valence-electron chi connectivity index (χ4n) is 1.04. The summed E-state index contributed by atoms with van der Waals surface area (Å²) in [6.07, 6.45) is 0.825. The molecule has 88 valence electrons. The number of nitrogens with zero attached hydrogens (tertiary/aromatic N) is 1. The number of nitrogens with one attached hydrogen (secondary N) is 1. The Bertz CT molecular complexity index is 220. The van der Waals surface area contributed by atoms with Gasteiger partial charge in [-0.25, -0.2) is 9.59 Å². The van der Waals surface area contributed by atoms with Crippen LogP contribution in [0.2, 0.25) is 0 Å². The maximum absolute atomic E-state index is 11.4. The van der Waals surface area contributed by atoms with Gasteiger partial charge in [-0.1, -0.05) is 6.92 Å². The normalized spacial score (nSPS) is 11.9. The molecule has 6 heteroatoms. The summed E-state index contributed by atoms with van der Waals surface area (Å²) in [6, 6.07) is -1.40. The summed E-state index contributed by atoms with van der Waals surface area (Å²) in [7, 11) is 3.00. The lowest BCUT2D eigenvalue weighted by atomic mass is 10.3. The van der Waals surface area contributed by atoms with Gasteiger partial charge >= 0.3 is 12.0 Å². The highest BCUT2D eigenvalue weighted by molar-refractivity contribution is 5.82. The first kappa shape index (κ1) is 13.7. The largest absolute Gasteiger partial charge is 0.480 e. The van der Waals surface area contributed by atoms with Gasteiger partial charge < -0.3 is 20.1 Å². The molecule has 0 fully saturated rings. The van der Waals surface area contributed by atoms with Crippen LogP contribution in [0.5, 0.6) is 0 Å². The second-order valence-electron chi connectivity index (χ2n) is 3.22. The predicted octanol–water partition coefficient (Wildman–Crippen LogP) is 0.137. The molecule has 0 aromatic rings. The molecular weight excluding hydrogens is 200 g/mol. The van der Waals surface area contributed by atoms with Crippen molar-refractivity contribution in [3.05, 3.63) is 0 Å². The summed E-state index contributed by atoms with van der Waals surface area (Å²) < 4.78 is 4.69. The summed E-state index contributed by atoms with van der Waals surface area (Å²) in [5.74, 6) is -1.10. The maximum Gasteiger partial charge on any atom is 0.328 e. The molecule has 2 amide bonds. The first-order chi connectivity index (χ1) is 7.02. The number of urea groups is 1. The molecule has 15 heavy (non-hydrogen) atoms. The Kier molecular flexibility index (Phi) is 6.44. The van der Waals surface area contributed by atoms with Crippen molar-refractivity contribution < 1.29 is 19.4 Å². The van der Waals surface area contributed by atoms with E-state index in [1.165, 1.54) is 12.0 Å². The molecule has 0 rings (SSSR count). The Labute approximate surface area is 89.2 Å². The van der Waals surface area contributed by atoms with Crippen LogP contribution in [0.4, 0.5) is 4.79 Å². The van der Waals surface area contributed by atoms with Gasteiger partial charge in [-0.3, -0.25) is 0 Å². The van der Waals surface area contributed by atoms with Crippen molar-refractivity contribution in [3.8, 4) is 0 Å². The predicted molar refractivity (Wildman–Crippen MR) is 54.8 cm³/mol. The zero-order chi connectivity index (χ0) is 11.8. The number of hydrogen-bond acceptors (Lipinski definition) is 3. The molecule has 0 saturated heterocycles. The van der Waals surface area contributed by atoms with Gasteiger partial charge in [-0.05, 0) is 6.42 Å². The zero-order valence-corrected chi connectivity index (χ0v) is 9.32. The Morgan fingerprint density at radius 1 is 1.53 bits per heavy atom. The smallest absolute Gasteiger partial charge is 0.328 e. The first-order valence-electron chi connectivity index (χ1n) is 4.76. The summed E-state index contributed by atoms with van der Waals surface area (Å²) in [5, 5.41) is 11.1. The molecule has 2 N–H and O–H groups in total. The molecule has 1 unspecified atom stereocenters. The first-order valence-corrected chi connectivity index (χ1v) is 4.76. The van der Waals surface area contributed by atoms with Crippen molar-refractivity contribution in [3.63, 3.8) is 0 Å². The van der Waals surface area contributed by atoms with Crippen LogP contribution >= 0.6 is 0 Å². The average molecular weight is 218 g/mol. The summed E-state index contributed by atoms with van der Waals surface area (Å²) in [6.45, 7) is 2.49. The molecule has 0 aromatic heterocycles. The van der Waals surface area contributed by atoms with E-state index in [2.05, 4.69) is 5.32 Å². The summed E-state index contributed by atoms with van der Waals surface area (Å²) in [5.41, 5.74) is 0. The van der Waals surface area contributed by atoms with Crippen molar-refractivity contribution in [1.29, 1.82) is 0 Å². The topological polar surface area (TPSA) is 78.9 Å². The van der Waals surface area contributed by atoms with E-state index in [0.717, 1.165) is 6.42 Å². The lowest BCUT2D eigenvalue weighted by Gasteiger charge is -2.20. The van der Waals surface area contributed by atoms with E-state index in [1.54, 1.807) is 7.05 Å². The van der Waals surface area contributed by atoms with Gasteiger partial charge in [0.1, 0.15) is 0 Å². The molecule has 0 saturated carbocycles. The lowest BCUT2D eigenvalue weighted by Crippen LogP contribution is -2.48. The zero-order valence-electron chi connectivity index (χ0n) is 9.32. The summed E-state index contributed by atoms with van der Waals surface area (Å²) in [4.78, 5) is 23.5. The minimum Gasteiger partial charge on any atom is -0.480 e. The number of hydrogen-bond donors (Lipinski definition) is 2. The number of carbonyl (C=O) groups excluding carboxylic acids is 1. The lowest BCUT2D eigenvalue weighted by molar-refractivity contribution is -0.140. The van der Waals surface area contributed by atoms with Crippen LogP contribution in [0.15, 0.2) is 0 Å². The molecule has 0 radical (unpaired) electrons. The van der Waals surface area contributed by atoms with Crippen LogP contribution in [-0.4, -0.2) is 55.4 Å². The number of ether oxygens (including phenoxy) is 1. The molecule has 0 aliphatic carbocycles. The Morgan fingerprint density at radius 3 is 2.53 bits per heavy atom. The number of rotatable bonds is 6. The molecule has 6 nitrogen and oxygen atoms in total. The number of aliphatic carboxylic acids is 1. The van der Waals surface area contributed by atoms with Gasteiger partial charge in [0.25, 0.3) is 0 Å².